The van der Waals surface area contributed by atoms with E-state index in [-0.39, 0.29) is 0 Å². The third kappa shape index (κ3) is 2.59. The fourth-order valence-electron chi connectivity index (χ4n) is 1.73. The van der Waals surface area contributed by atoms with E-state index in [1.165, 1.54) is 5.56 Å². The van der Waals surface area contributed by atoms with Gasteiger partial charge in [-0.1, -0.05) is 19.9 Å². The molecule has 2 heterocycles. The predicted octanol–water partition coefficient (Wildman–Crippen LogP) is 2.67. The van der Waals surface area contributed by atoms with Crippen LogP contribution >= 0.6 is 0 Å². The van der Waals surface area contributed by atoms with E-state index in [0.29, 0.717) is 12.0 Å². The summed E-state index contributed by atoms with van der Waals surface area (Å²) in [5.74, 6) is 1.30. The van der Waals surface area contributed by atoms with Gasteiger partial charge in [-0.3, -0.25) is 0 Å². The Morgan fingerprint density at radius 3 is 2.44 bits per heavy atom. The topological polar surface area (TPSA) is 42.7 Å². The van der Waals surface area contributed by atoms with Gasteiger partial charge in [0.1, 0.15) is 0 Å². The Morgan fingerprint density at radius 2 is 1.94 bits per heavy atom. The van der Waals surface area contributed by atoms with Crippen molar-refractivity contribution < 1.29 is 0 Å². The lowest BCUT2D eigenvalue weighted by Gasteiger charge is -2.10. The SMILES string of the molecule is CNC(C)c1ccc(-n2ccc(C(C)C)n2)nc1. The average molecular weight is 244 g/mol. The molecule has 1 unspecified atom stereocenters. The Hall–Kier alpha value is -1.68. The molecule has 2 aromatic rings. The second-order valence-corrected chi connectivity index (χ2v) is 4.80. The van der Waals surface area contributed by atoms with Crippen molar-refractivity contribution >= 4 is 0 Å². The standard InChI is InChI=1S/C14H20N4/c1-10(2)13-7-8-18(17-13)14-6-5-12(9-16-14)11(3)15-4/h5-11,15H,1-4H3. The van der Waals surface area contributed by atoms with Crippen LogP contribution in [0.25, 0.3) is 5.82 Å². The van der Waals surface area contributed by atoms with Gasteiger partial charge in [0.15, 0.2) is 5.82 Å². The van der Waals surface area contributed by atoms with E-state index in [2.05, 4.69) is 42.2 Å². The highest BCUT2D eigenvalue weighted by Crippen LogP contribution is 2.15. The maximum Gasteiger partial charge on any atom is 0.153 e. The van der Waals surface area contributed by atoms with Crippen LogP contribution in [0.5, 0.6) is 0 Å². The number of pyridine rings is 1. The molecular formula is C14H20N4. The van der Waals surface area contributed by atoms with Gasteiger partial charge in [-0.15, -0.1) is 0 Å². The van der Waals surface area contributed by atoms with Crippen molar-refractivity contribution in [1.29, 1.82) is 0 Å². The first-order valence-corrected chi connectivity index (χ1v) is 6.31. The summed E-state index contributed by atoms with van der Waals surface area (Å²) in [6.07, 6.45) is 3.85. The van der Waals surface area contributed by atoms with Gasteiger partial charge in [0.25, 0.3) is 0 Å². The van der Waals surface area contributed by atoms with E-state index >= 15 is 0 Å². The van der Waals surface area contributed by atoms with Gasteiger partial charge in [0.2, 0.25) is 0 Å². The second-order valence-electron chi connectivity index (χ2n) is 4.80. The van der Waals surface area contributed by atoms with E-state index in [4.69, 9.17) is 0 Å². The highest BCUT2D eigenvalue weighted by atomic mass is 15.3. The molecule has 0 fully saturated rings. The van der Waals surface area contributed by atoms with Crippen molar-refractivity contribution in [2.75, 3.05) is 7.05 Å². The summed E-state index contributed by atoms with van der Waals surface area (Å²) in [5.41, 5.74) is 2.27. The lowest BCUT2D eigenvalue weighted by atomic mass is 10.1. The molecule has 0 saturated heterocycles. The molecule has 0 radical (unpaired) electrons. The largest absolute Gasteiger partial charge is 0.313 e. The molecule has 1 N–H and O–H groups in total. The van der Waals surface area contributed by atoms with Gasteiger partial charge in [-0.2, -0.15) is 5.10 Å². The molecule has 0 bridgehead atoms. The van der Waals surface area contributed by atoms with Crippen LogP contribution in [0.2, 0.25) is 0 Å². The van der Waals surface area contributed by atoms with Crippen LogP contribution in [0.15, 0.2) is 30.6 Å². The average Bonchev–Trinajstić information content (AvgIpc) is 2.88. The second kappa shape index (κ2) is 5.31. The van der Waals surface area contributed by atoms with Crippen LogP contribution < -0.4 is 5.32 Å². The Bertz CT molecular complexity index is 499. The monoisotopic (exact) mass is 244 g/mol. The minimum atomic E-state index is 0.315. The molecule has 96 valence electrons. The molecular weight excluding hydrogens is 224 g/mol. The molecule has 0 aliphatic heterocycles. The lowest BCUT2D eigenvalue weighted by Crippen LogP contribution is -2.12. The molecule has 18 heavy (non-hydrogen) atoms. The summed E-state index contributed by atoms with van der Waals surface area (Å²) < 4.78 is 1.82. The number of nitrogens with zero attached hydrogens (tertiary/aromatic N) is 3. The zero-order chi connectivity index (χ0) is 13.1. The Balaban J connectivity index is 2.23. The zero-order valence-electron chi connectivity index (χ0n) is 11.4. The van der Waals surface area contributed by atoms with Gasteiger partial charge in [0.05, 0.1) is 5.69 Å². The number of hydrogen-bond acceptors (Lipinski definition) is 3. The summed E-state index contributed by atoms with van der Waals surface area (Å²) >= 11 is 0. The van der Waals surface area contributed by atoms with E-state index in [1.807, 2.05) is 36.3 Å². The van der Waals surface area contributed by atoms with E-state index in [9.17, 15) is 0 Å². The predicted molar refractivity (Wildman–Crippen MR) is 72.9 cm³/mol. The van der Waals surface area contributed by atoms with Crippen molar-refractivity contribution in [3.8, 4) is 5.82 Å². The Labute approximate surface area is 108 Å². The fourth-order valence-corrected chi connectivity index (χ4v) is 1.73. The van der Waals surface area contributed by atoms with Crippen LogP contribution in [-0.4, -0.2) is 21.8 Å². The van der Waals surface area contributed by atoms with Crippen LogP contribution in [-0.2, 0) is 0 Å². The van der Waals surface area contributed by atoms with Gasteiger partial charge >= 0.3 is 0 Å². The van der Waals surface area contributed by atoms with E-state index in [0.717, 1.165) is 11.5 Å². The Morgan fingerprint density at radius 1 is 1.17 bits per heavy atom. The first-order valence-electron chi connectivity index (χ1n) is 6.31. The summed E-state index contributed by atoms with van der Waals surface area (Å²) in [6.45, 7) is 6.39. The lowest BCUT2D eigenvalue weighted by molar-refractivity contribution is 0.648. The third-order valence-electron chi connectivity index (χ3n) is 3.14. The van der Waals surface area contributed by atoms with Crippen LogP contribution in [0.4, 0.5) is 0 Å². The summed E-state index contributed by atoms with van der Waals surface area (Å²) in [6, 6.07) is 6.44. The molecule has 0 aromatic carbocycles. The highest BCUT2D eigenvalue weighted by molar-refractivity contribution is 5.26. The molecule has 1 atom stereocenters. The fraction of sp³-hybridized carbons (Fsp3) is 0.429. The summed E-state index contributed by atoms with van der Waals surface area (Å²) in [5, 5.41) is 7.71. The molecule has 0 aliphatic rings. The van der Waals surface area contributed by atoms with Gasteiger partial charge in [0, 0.05) is 18.4 Å². The van der Waals surface area contributed by atoms with Crippen LogP contribution in [0.3, 0.4) is 0 Å². The van der Waals surface area contributed by atoms with Crippen molar-refractivity contribution in [2.24, 2.45) is 0 Å². The van der Waals surface area contributed by atoms with Gasteiger partial charge < -0.3 is 5.32 Å². The normalized spacial score (nSPS) is 12.9. The third-order valence-corrected chi connectivity index (χ3v) is 3.14. The van der Waals surface area contributed by atoms with Crippen LogP contribution in [0, 0.1) is 0 Å². The number of nitrogens with one attached hydrogen (secondary N) is 1. The molecule has 2 aromatic heterocycles. The van der Waals surface area contributed by atoms with Gasteiger partial charge in [-0.25, -0.2) is 9.67 Å². The maximum atomic E-state index is 4.51. The molecule has 4 heteroatoms. The van der Waals surface area contributed by atoms with E-state index in [1.54, 1.807) is 0 Å². The molecule has 2 rings (SSSR count). The number of rotatable bonds is 4. The van der Waals surface area contributed by atoms with Crippen molar-refractivity contribution in [2.45, 2.75) is 32.7 Å². The number of hydrogen-bond donors (Lipinski definition) is 1. The summed E-state index contributed by atoms with van der Waals surface area (Å²) in [4.78, 5) is 4.45. The Kier molecular flexibility index (Phi) is 3.77. The molecule has 0 amide bonds. The van der Waals surface area contributed by atoms with Crippen molar-refractivity contribution in [3.63, 3.8) is 0 Å². The number of aromatic nitrogens is 3. The minimum absolute atomic E-state index is 0.315. The highest BCUT2D eigenvalue weighted by Gasteiger charge is 2.07. The molecule has 0 spiro atoms. The van der Waals surface area contributed by atoms with Gasteiger partial charge in [-0.05, 0) is 37.6 Å². The molecule has 0 saturated carbocycles. The first-order chi connectivity index (χ1) is 8.61. The first kappa shape index (κ1) is 12.8. The summed E-state index contributed by atoms with van der Waals surface area (Å²) in [7, 11) is 1.95. The smallest absolute Gasteiger partial charge is 0.153 e. The molecule has 4 nitrogen and oxygen atoms in total. The van der Waals surface area contributed by atoms with Crippen molar-refractivity contribution in [1.82, 2.24) is 20.1 Å². The minimum Gasteiger partial charge on any atom is -0.313 e. The van der Waals surface area contributed by atoms with Crippen LogP contribution in [0.1, 0.15) is 44.0 Å². The molecule has 0 aliphatic carbocycles. The quantitative estimate of drug-likeness (QED) is 0.899. The maximum absolute atomic E-state index is 4.51. The van der Waals surface area contributed by atoms with E-state index < -0.39 is 0 Å². The van der Waals surface area contributed by atoms with Crippen molar-refractivity contribution in [3.05, 3.63) is 41.9 Å². The zero-order valence-corrected chi connectivity index (χ0v) is 11.4.